The standard InChI is InChI=1S/C12H21N3O2S/c1-13-18(16,17)12-8-5-4-7-11(12)14-9-6-10-15(2)3/h4-5,7-8,13-14H,6,9-10H2,1-3H3. The van der Waals surface area contributed by atoms with Crippen molar-refractivity contribution in [2.24, 2.45) is 0 Å². The number of sulfonamides is 1. The van der Waals surface area contributed by atoms with Crippen molar-refractivity contribution in [2.75, 3.05) is 39.5 Å². The van der Waals surface area contributed by atoms with E-state index in [2.05, 4.69) is 14.9 Å². The van der Waals surface area contributed by atoms with Gasteiger partial charge in [-0.1, -0.05) is 12.1 Å². The Morgan fingerprint density at radius 1 is 1.22 bits per heavy atom. The Morgan fingerprint density at radius 2 is 1.89 bits per heavy atom. The van der Waals surface area contributed by atoms with Gasteiger partial charge in [0, 0.05) is 6.54 Å². The predicted octanol–water partition coefficient (Wildman–Crippen LogP) is 0.958. The quantitative estimate of drug-likeness (QED) is 0.725. The molecule has 0 saturated heterocycles. The van der Waals surface area contributed by atoms with Crippen LogP contribution in [0.25, 0.3) is 0 Å². The van der Waals surface area contributed by atoms with E-state index >= 15 is 0 Å². The molecule has 0 heterocycles. The molecule has 6 heteroatoms. The number of nitrogens with one attached hydrogen (secondary N) is 2. The zero-order valence-corrected chi connectivity index (χ0v) is 11.9. The molecule has 18 heavy (non-hydrogen) atoms. The minimum Gasteiger partial charge on any atom is -0.384 e. The highest BCUT2D eigenvalue weighted by Gasteiger charge is 2.15. The van der Waals surface area contributed by atoms with Crippen LogP contribution < -0.4 is 10.0 Å². The second-order valence-electron chi connectivity index (χ2n) is 4.29. The minimum absolute atomic E-state index is 0.289. The van der Waals surface area contributed by atoms with Crippen molar-refractivity contribution in [3.05, 3.63) is 24.3 Å². The van der Waals surface area contributed by atoms with Crippen molar-refractivity contribution in [3.8, 4) is 0 Å². The molecule has 2 N–H and O–H groups in total. The van der Waals surface area contributed by atoms with Gasteiger partial charge in [-0.3, -0.25) is 0 Å². The van der Waals surface area contributed by atoms with Gasteiger partial charge in [-0.15, -0.1) is 0 Å². The molecule has 0 saturated carbocycles. The highest BCUT2D eigenvalue weighted by atomic mass is 32.2. The maximum Gasteiger partial charge on any atom is 0.242 e. The first-order valence-corrected chi connectivity index (χ1v) is 7.37. The Hall–Kier alpha value is -1.11. The van der Waals surface area contributed by atoms with Gasteiger partial charge in [-0.2, -0.15) is 0 Å². The first-order valence-electron chi connectivity index (χ1n) is 5.88. The summed E-state index contributed by atoms with van der Waals surface area (Å²) >= 11 is 0. The number of hydrogen-bond donors (Lipinski definition) is 2. The Bertz CT molecular complexity index is 472. The molecule has 0 atom stereocenters. The summed E-state index contributed by atoms with van der Waals surface area (Å²) in [6.45, 7) is 1.71. The van der Waals surface area contributed by atoms with Crippen LogP contribution in [-0.4, -0.2) is 47.6 Å². The third kappa shape index (κ3) is 4.29. The van der Waals surface area contributed by atoms with Gasteiger partial charge < -0.3 is 10.2 Å². The summed E-state index contributed by atoms with van der Waals surface area (Å²) in [4.78, 5) is 2.38. The second-order valence-corrected chi connectivity index (χ2v) is 6.14. The van der Waals surface area contributed by atoms with Gasteiger partial charge in [0.25, 0.3) is 0 Å². The maximum absolute atomic E-state index is 11.8. The highest BCUT2D eigenvalue weighted by Crippen LogP contribution is 2.20. The van der Waals surface area contributed by atoms with Gasteiger partial charge in [-0.05, 0) is 46.2 Å². The van der Waals surface area contributed by atoms with E-state index in [1.165, 1.54) is 7.05 Å². The molecule has 0 aliphatic heterocycles. The molecule has 0 aliphatic rings. The monoisotopic (exact) mass is 271 g/mol. The fourth-order valence-corrected chi connectivity index (χ4v) is 2.48. The fourth-order valence-electron chi connectivity index (χ4n) is 1.58. The summed E-state index contributed by atoms with van der Waals surface area (Å²) in [5, 5.41) is 3.16. The Morgan fingerprint density at radius 3 is 2.50 bits per heavy atom. The number of rotatable bonds is 7. The number of benzene rings is 1. The second kappa shape index (κ2) is 6.72. The molecule has 0 aliphatic carbocycles. The van der Waals surface area contributed by atoms with Gasteiger partial charge in [0.15, 0.2) is 0 Å². The van der Waals surface area contributed by atoms with Crippen LogP contribution in [-0.2, 0) is 10.0 Å². The third-order valence-corrected chi connectivity index (χ3v) is 4.02. The van der Waals surface area contributed by atoms with Gasteiger partial charge in [0.1, 0.15) is 4.90 Å². The lowest BCUT2D eigenvalue weighted by Crippen LogP contribution is -2.21. The third-order valence-electron chi connectivity index (χ3n) is 2.54. The van der Waals surface area contributed by atoms with E-state index in [0.717, 1.165) is 19.5 Å². The predicted molar refractivity (Wildman–Crippen MR) is 74.3 cm³/mol. The summed E-state index contributed by atoms with van der Waals surface area (Å²) in [6.07, 6.45) is 0.959. The zero-order chi connectivity index (χ0) is 13.6. The summed E-state index contributed by atoms with van der Waals surface area (Å²) in [5.74, 6) is 0. The van der Waals surface area contributed by atoms with Crippen LogP contribution in [0.4, 0.5) is 5.69 Å². The summed E-state index contributed by atoms with van der Waals surface area (Å²) in [7, 11) is 2.04. The van der Waals surface area contributed by atoms with E-state index in [1.807, 2.05) is 20.2 Å². The van der Waals surface area contributed by atoms with Crippen LogP contribution in [0, 0.1) is 0 Å². The van der Waals surface area contributed by atoms with Crippen molar-refractivity contribution in [3.63, 3.8) is 0 Å². The molecule has 1 rings (SSSR count). The summed E-state index contributed by atoms with van der Waals surface area (Å²) < 4.78 is 25.9. The molecule has 0 fully saturated rings. The minimum atomic E-state index is -3.41. The molecule has 0 aromatic heterocycles. The van der Waals surface area contributed by atoms with E-state index in [4.69, 9.17) is 0 Å². The van der Waals surface area contributed by atoms with E-state index < -0.39 is 10.0 Å². The van der Waals surface area contributed by atoms with E-state index in [9.17, 15) is 8.42 Å². The largest absolute Gasteiger partial charge is 0.384 e. The first kappa shape index (κ1) is 14.9. The summed E-state index contributed by atoms with van der Waals surface area (Å²) in [6, 6.07) is 6.91. The SMILES string of the molecule is CNS(=O)(=O)c1ccccc1NCCCN(C)C. The topological polar surface area (TPSA) is 61.4 Å². The number of nitrogens with zero attached hydrogens (tertiary/aromatic N) is 1. The lowest BCUT2D eigenvalue weighted by atomic mass is 10.3. The molecule has 1 aromatic carbocycles. The number of anilines is 1. The van der Waals surface area contributed by atoms with Crippen molar-refractivity contribution in [2.45, 2.75) is 11.3 Å². The van der Waals surface area contributed by atoms with Crippen molar-refractivity contribution in [1.82, 2.24) is 9.62 Å². The van der Waals surface area contributed by atoms with Crippen molar-refractivity contribution < 1.29 is 8.42 Å². The molecule has 0 amide bonds. The van der Waals surface area contributed by atoms with Crippen LogP contribution in [0.3, 0.4) is 0 Å². The summed E-state index contributed by atoms with van der Waals surface area (Å²) in [5.41, 5.74) is 0.644. The molecule has 0 unspecified atom stereocenters. The highest BCUT2D eigenvalue weighted by molar-refractivity contribution is 7.89. The van der Waals surface area contributed by atoms with Gasteiger partial charge >= 0.3 is 0 Å². The molecular formula is C12H21N3O2S. The Labute approximate surface area is 109 Å². The Balaban J connectivity index is 2.72. The van der Waals surface area contributed by atoms with Crippen LogP contribution in [0.2, 0.25) is 0 Å². The fraction of sp³-hybridized carbons (Fsp3) is 0.500. The van der Waals surface area contributed by atoms with Gasteiger partial charge in [0.05, 0.1) is 5.69 Å². The van der Waals surface area contributed by atoms with Crippen LogP contribution in [0.1, 0.15) is 6.42 Å². The molecule has 0 spiro atoms. The lowest BCUT2D eigenvalue weighted by molar-refractivity contribution is 0.405. The van der Waals surface area contributed by atoms with Crippen LogP contribution >= 0.6 is 0 Å². The number of para-hydroxylation sites is 1. The molecular weight excluding hydrogens is 250 g/mol. The average molecular weight is 271 g/mol. The Kier molecular flexibility index (Phi) is 5.58. The van der Waals surface area contributed by atoms with Crippen molar-refractivity contribution >= 4 is 15.7 Å². The van der Waals surface area contributed by atoms with Gasteiger partial charge in [-0.25, -0.2) is 13.1 Å². The molecule has 0 radical (unpaired) electrons. The van der Waals surface area contributed by atoms with Crippen molar-refractivity contribution in [1.29, 1.82) is 0 Å². The van der Waals surface area contributed by atoms with E-state index in [1.54, 1.807) is 18.2 Å². The number of hydrogen-bond acceptors (Lipinski definition) is 4. The van der Waals surface area contributed by atoms with E-state index in [-0.39, 0.29) is 4.90 Å². The van der Waals surface area contributed by atoms with E-state index in [0.29, 0.717) is 5.69 Å². The normalized spacial score (nSPS) is 11.8. The van der Waals surface area contributed by atoms with Gasteiger partial charge in [0.2, 0.25) is 10.0 Å². The molecule has 102 valence electrons. The molecule has 0 bridgehead atoms. The van der Waals surface area contributed by atoms with Crippen LogP contribution in [0.15, 0.2) is 29.2 Å². The average Bonchev–Trinajstić information content (AvgIpc) is 2.35. The maximum atomic E-state index is 11.8. The smallest absolute Gasteiger partial charge is 0.242 e. The van der Waals surface area contributed by atoms with Crippen LogP contribution in [0.5, 0.6) is 0 Å². The first-order chi connectivity index (χ1) is 8.47. The zero-order valence-electron chi connectivity index (χ0n) is 11.1. The molecule has 1 aromatic rings. The molecule has 5 nitrogen and oxygen atoms in total. The lowest BCUT2D eigenvalue weighted by Gasteiger charge is -2.13.